The lowest BCUT2D eigenvalue weighted by molar-refractivity contribution is 0.537. The van der Waals surface area contributed by atoms with E-state index in [1.54, 1.807) is 0 Å². The second kappa shape index (κ2) is 8.89. The number of hydrogen-bond donors (Lipinski definition) is 1. The number of unbranched alkanes of at least 4 members (excludes halogenated alkanes) is 5. The average molecular weight is 287 g/mol. The van der Waals surface area contributed by atoms with Crippen LogP contribution in [0.15, 0.2) is 28.7 Å². The molecule has 1 aromatic heterocycles. The van der Waals surface area contributed by atoms with Crippen molar-refractivity contribution in [3.8, 4) is 0 Å². The number of hydrogen-bond acceptors (Lipinski definition) is 2. The Bertz CT molecular complexity index is 529. The molecule has 1 N–H and O–H groups in total. The Kier molecular flexibility index (Phi) is 6.81. The fourth-order valence-corrected chi connectivity index (χ4v) is 2.87. The molecule has 0 aliphatic rings. The summed E-state index contributed by atoms with van der Waals surface area (Å²) in [5.41, 5.74) is 2.37. The van der Waals surface area contributed by atoms with E-state index in [0.717, 1.165) is 30.9 Å². The van der Waals surface area contributed by atoms with Crippen LogP contribution in [0.4, 0.5) is 0 Å². The van der Waals surface area contributed by atoms with Crippen LogP contribution in [-0.4, -0.2) is 6.54 Å². The smallest absolute Gasteiger partial charge is 0.134 e. The van der Waals surface area contributed by atoms with Gasteiger partial charge < -0.3 is 9.73 Å². The maximum atomic E-state index is 5.93. The maximum absolute atomic E-state index is 5.93. The summed E-state index contributed by atoms with van der Waals surface area (Å²) in [6.45, 7) is 6.46. The quantitative estimate of drug-likeness (QED) is 0.588. The minimum atomic E-state index is 0.926. The molecular formula is C19H29NO. The zero-order valence-electron chi connectivity index (χ0n) is 13.6. The van der Waals surface area contributed by atoms with Gasteiger partial charge in [0.2, 0.25) is 0 Å². The van der Waals surface area contributed by atoms with E-state index in [-0.39, 0.29) is 0 Å². The second-order valence-corrected chi connectivity index (χ2v) is 5.80. The Hall–Kier alpha value is -1.28. The van der Waals surface area contributed by atoms with Crippen molar-refractivity contribution < 1.29 is 4.42 Å². The van der Waals surface area contributed by atoms with Gasteiger partial charge in [0.05, 0.1) is 0 Å². The summed E-state index contributed by atoms with van der Waals surface area (Å²) >= 11 is 0. The molecule has 0 radical (unpaired) electrons. The molecule has 21 heavy (non-hydrogen) atoms. The zero-order chi connectivity index (χ0) is 14.9. The van der Waals surface area contributed by atoms with E-state index >= 15 is 0 Å². The monoisotopic (exact) mass is 287 g/mol. The molecule has 0 unspecified atom stereocenters. The minimum absolute atomic E-state index is 0.926. The summed E-state index contributed by atoms with van der Waals surface area (Å²) in [7, 11) is 0. The van der Waals surface area contributed by atoms with Gasteiger partial charge in [0, 0.05) is 23.9 Å². The van der Waals surface area contributed by atoms with E-state index in [1.807, 2.05) is 6.07 Å². The van der Waals surface area contributed by atoms with E-state index < -0.39 is 0 Å². The Morgan fingerprint density at radius 3 is 2.52 bits per heavy atom. The summed E-state index contributed by atoms with van der Waals surface area (Å²) in [6.07, 6.45) is 9.07. The largest absolute Gasteiger partial charge is 0.461 e. The van der Waals surface area contributed by atoms with Crippen LogP contribution >= 0.6 is 0 Å². The first kappa shape index (κ1) is 16.1. The Labute approximate surface area is 128 Å². The van der Waals surface area contributed by atoms with Gasteiger partial charge in [-0.3, -0.25) is 0 Å². The molecule has 1 heterocycles. The zero-order valence-corrected chi connectivity index (χ0v) is 13.6. The summed E-state index contributed by atoms with van der Waals surface area (Å²) in [6, 6.07) is 8.36. The van der Waals surface area contributed by atoms with Gasteiger partial charge in [0.1, 0.15) is 11.3 Å². The molecule has 116 valence electrons. The van der Waals surface area contributed by atoms with Crippen LogP contribution in [0.2, 0.25) is 0 Å². The Morgan fingerprint density at radius 2 is 1.71 bits per heavy atom. The highest BCUT2D eigenvalue weighted by atomic mass is 16.3. The van der Waals surface area contributed by atoms with Crippen molar-refractivity contribution in [3.05, 3.63) is 35.6 Å². The summed E-state index contributed by atoms with van der Waals surface area (Å²) in [5.74, 6) is 1.13. The van der Waals surface area contributed by atoms with Gasteiger partial charge in [0.25, 0.3) is 0 Å². The van der Waals surface area contributed by atoms with Gasteiger partial charge in [-0.1, -0.05) is 64.2 Å². The SMILES string of the molecule is CCCCCCCCNCc1c(CC)oc2ccccc12. The van der Waals surface area contributed by atoms with Gasteiger partial charge in [0.15, 0.2) is 0 Å². The lowest BCUT2D eigenvalue weighted by atomic mass is 10.1. The van der Waals surface area contributed by atoms with E-state index in [0.29, 0.717) is 0 Å². The predicted octanol–water partition coefficient (Wildman–Crippen LogP) is 5.45. The lowest BCUT2D eigenvalue weighted by Crippen LogP contribution is -2.15. The van der Waals surface area contributed by atoms with Crippen LogP contribution in [0, 0.1) is 0 Å². The van der Waals surface area contributed by atoms with Crippen molar-refractivity contribution in [2.24, 2.45) is 0 Å². The molecule has 0 bridgehead atoms. The minimum Gasteiger partial charge on any atom is -0.461 e. The number of para-hydroxylation sites is 1. The second-order valence-electron chi connectivity index (χ2n) is 5.80. The molecular weight excluding hydrogens is 258 g/mol. The van der Waals surface area contributed by atoms with Crippen molar-refractivity contribution in [3.63, 3.8) is 0 Å². The molecule has 0 fully saturated rings. The first-order valence-corrected chi connectivity index (χ1v) is 8.56. The van der Waals surface area contributed by atoms with Crippen molar-refractivity contribution in [1.29, 1.82) is 0 Å². The van der Waals surface area contributed by atoms with Crippen molar-refractivity contribution >= 4 is 11.0 Å². The highest BCUT2D eigenvalue weighted by Gasteiger charge is 2.11. The van der Waals surface area contributed by atoms with Crippen LogP contribution in [0.3, 0.4) is 0 Å². The number of aryl methyl sites for hydroxylation is 1. The topological polar surface area (TPSA) is 25.2 Å². The maximum Gasteiger partial charge on any atom is 0.134 e. The normalized spacial score (nSPS) is 11.3. The third kappa shape index (κ3) is 4.60. The van der Waals surface area contributed by atoms with Crippen molar-refractivity contribution in [2.45, 2.75) is 65.3 Å². The number of furan rings is 1. The molecule has 0 aliphatic carbocycles. The van der Waals surface area contributed by atoms with Gasteiger partial charge >= 0.3 is 0 Å². The van der Waals surface area contributed by atoms with Gasteiger partial charge in [-0.15, -0.1) is 0 Å². The van der Waals surface area contributed by atoms with Crippen LogP contribution in [0.5, 0.6) is 0 Å². The van der Waals surface area contributed by atoms with Crippen LogP contribution in [0.1, 0.15) is 63.7 Å². The molecule has 2 nitrogen and oxygen atoms in total. The summed E-state index contributed by atoms with van der Waals surface area (Å²) in [5, 5.41) is 4.85. The molecule has 2 heteroatoms. The first-order valence-electron chi connectivity index (χ1n) is 8.56. The number of rotatable bonds is 10. The number of benzene rings is 1. The molecule has 0 saturated carbocycles. The average Bonchev–Trinajstić information content (AvgIpc) is 2.88. The molecule has 0 aliphatic heterocycles. The number of nitrogens with one attached hydrogen (secondary N) is 1. The lowest BCUT2D eigenvalue weighted by Gasteiger charge is -2.05. The first-order chi connectivity index (χ1) is 10.4. The summed E-state index contributed by atoms with van der Waals surface area (Å²) in [4.78, 5) is 0. The standard InChI is InChI=1S/C19H29NO/c1-3-5-6-7-8-11-14-20-15-17-16-12-9-10-13-19(16)21-18(17)4-2/h9-10,12-13,20H,3-8,11,14-15H2,1-2H3. The van der Waals surface area contributed by atoms with E-state index in [2.05, 4.69) is 37.4 Å². The fourth-order valence-electron chi connectivity index (χ4n) is 2.87. The van der Waals surface area contributed by atoms with Crippen LogP contribution in [0.25, 0.3) is 11.0 Å². The predicted molar refractivity (Wildman–Crippen MR) is 90.7 cm³/mol. The highest BCUT2D eigenvalue weighted by molar-refractivity contribution is 5.82. The van der Waals surface area contributed by atoms with Crippen molar-refractivity contribution in [1.82, 2.24) is 5.32 Å². The third-order valence-electron chi connectivity index (χ3n) is 4.11. The third-order valence-corrected chi connectivity index (χ3v) is 4.11. The van der Waals surface area contributed by atoms with E-state index in [1.165, 1.54) is 49.5 Å². The molecule has 0 spiro atoms. The van der Waals surface area contributed by atoms with Gasteiger partial charge in [-0.2, -0.15) is 0 Å². The summed E-state index contributed by atoms with van der Waals surface area (Å²) < 4.78 is 5.93. The Morgan fingerprint density at radius 1 is 0.952 bits per heavy atom. The molecule has 0 amide bonds. The Balaban J connectivity index is 1.78. The molecule has 2 aromatic rings. The van der Waals surface area contributed by atoms with Crippen LogP contribution < -0.4 is 5.32 Å². The molecule has 0 saturated heterocycles. The number of fused-ring (bicyclic) bond motifs is 1. The molecule has 1 aromatic carbocycles. The van der Waals surface area contributed by atoms with E-state index in [9.17, 15) is 0 Å². The molecule has 0 atom stereocenters. The van der Waals surface area contributed by atoms with Gasteiger partial charge in [-0.05, 0) is 19.0 Å². The van der Waals surface area contributed by atoms with E-state index in [4.69, 9.17) is 4.42 Å². The highest BCUT2D eigenvalue weighted by Crippen LogP contribution is 2.26. The van der Waals surface area contributed by atoms with Crippen LogP contribution in [-0.2, 0) is 13.0 Å². The van der Waals surface area contributed by atoms with Gasteiger partial charge in [-0.25, -0.2) is 0 Å². The van der Waals surface area contributed by atoms with Crippen molar-refractivity contribution in [2.75, 3.05) is 6.54 Å². The fraction of sp³-hybridized carbons (Fsp3) is 0.579. The molecule has 2 rings (SSSR count).